The van der Waals surface area contributed by atoms with Crippen LogP contribution in [0.15, 0.2) is 23.2 Å². The summed E-state index contributed by atoms with van der Waals surface area (Å²) in [6.45, 7) is 0. The van der Waals surface area contributed by atoms with Crippen molar-refractivity contribution in [1.82, 2.24) is 0 Å². The summed E-state index contributed by atoms with van der Waals surface area (Å²) in [5, 5.41) is 17.7. The summed E-state index contributed by atoms with van der Waals surface area (Å²) in [5.41, 5.74) is -0.506. The standard InChI is InChI=1S/C8H5NO4/c10-4-9-5-2-1-3-6(11)7(5)8(12)13/h1-3,11H,(H,12,13). The van der Waals surface area contributed by atoms with Crippen LogP contribution in [-0.4, -0.2) is 22.3 Å². The molecule has 0 saturated carbocycles. The van der Waals surface area contributed by atoms with Crippen LogP contribution in [0.5, 0.6) is 5.75 Å². The molecule has 0 fully saturated rings. The lowest BCUT2D eigenvalue weighted by atomic mass is 10.1. The van der Waals surface area contributed by atoms with Gasteiger partial charge >= 0.3 is 5.97 Å². The number of aliphatic imine (C=N–C) groups is 1. The summed E-state index contributed by atoms with van der Waals surface area (Å²) in [5.74, 6) is -1.77. The predicted octanol–water partition coefficient (Wildman–Crippen LogP) is 1.06. The van der Waals surface area contributed by atoms with Gasteiger partial charge in [-0.05, 0) is 12.1 Å². The summed E-state index contributed by atoms with van der Waals surface area (Å²) < 4.78 is 0. The van der Waals surface area contributed by atoms with Crippen LogP contribution in [0.4, 0.5) is 5.69 Å². The second-order valence-electron chi connectivity index (χ2n) is 2.18. The monoisotopic (exact) mass is 179 g/mol. The van der Waals surface area contributed by atoms with Gasteiger partial charge in [0.05, 0.1) is 5.69 Å². The molecule has 0 atom stereocenters. The van der Waals surface area contributed by atoms with E-state index < -0.39 is 17.3 Å². The van der Waals surface area contributed by atoms with E-state index in [-0.39, 0.29) is 5.69 Å². The second-order valence-corrected chi connectivity index (χ2v) is 2.18. The minimum Gasteiger partial charge on any atom is -0.507 e. The van der Waals surface area contributed by atoms with Crippen LogP contribution in [-0.2, 0) is 4.79 Å². The van der Waals surface area contributed by atoms with E-state index in [0.717, 1.165) is 0 Å². The van der Waals surface area contributed by atoms with Crippen molar-refractivity contribution in [3.8, 4) is 5.75 Å². The number of benzene rings is 1. The Balaban J connectivity index is 3.42. The molecule has 0 aliphatic carbocycles. The maximum Gasteiger partial charge on any atom is 0.341 e. The largest absolute Gasteiger partial charge is 0.507 e. The molecule has 5 nitrogen and oxygen atoms in total. The highest BCUT2D eigenvalue weighted by molar-refractivity contribution is 5.96. The molecule has 0 amide bonds. The van der Waals surface area contributed by atoms with Gasteiger partial charge in [-0.25, -0.2) is 9.59 Å². The van der Waals surface area contributed by atoms with Gasteiger partial charge in [-0.2, -0.15) is 4.99 Å². The van der Waals surface area contributed by atoms with E-state index in [1.165, 1.54) is 24.3 Å². The highest BCUT2D eigenvalue weighted by atomic mass is 16.4. The topological polar surface area (TPSA) is 87.0 Å². The molecule has 0 aromatic heterocycles. The van der Waals surface area contributed by atoms with Crippen molar-refractivity contribution in [3.05, 3.63) is 23.8 Å². The summed E-state index contributed by atoms with van der Waals surface area (Å²) in [6.07, 6.45) is 1.21. The van der Waals surface area contributed by atoms with E-state index in [9.17, 15) is 9.59 Å². The molecular weight excluding hydrogens is 174 g/mol. The highest BCUT2D eigenvalue weighted by Gasteiger charge is 2.14. The van der Waals surface area contributed by atoms with Crippen molar-refractivity contribution >= 4 is 17.7 Å². The minimum absolute atomic E-state index is 0.109. The van der Waals surface area contributed by atoms with Crippen molar-refractivity contribution in [2.75, 3.05) is 0 Å². The van der Waals surface area contributed by atoms with Crippen molar-refractivity contribution in [1.29, 1.82) is 0 Å². The number of isocyanates is 1. The third kappa shape index (κ3) is 1.72. The van der Waals surface area contributed by atoms with Crippen molar-refractivity contribution in [2.45, 2.75) is 0 Å². The Labute approximate surface area is 73.0 Å². The smallest absolute Gasteiger partial charge is 0.341 e. The Bertz CT molecular complexity index is 393. The maximum atomic E-state index is 10.6. The number of rotatable bonds is 2. The van der Waals surface area contributed by atoms with Gasteiger partial charge in [-0.1, -0.05) is 6.07 Å². The van der Waals surface area contributed by atoms with E-state index in [4.69, 9.17) is 10.2 Å². The number of aromatic carboxylic acids is 1. The van der Waals surface area contributed by atoms with Crippen LogP contribution >= 0.6 is 0 Å². The number of hydrogen-bond acceptors (Lipinski definition) is 4. The first-order chi connectivity index (χ1) is 6.16. The second kappa shape index (κ2) is 3.51. The Morgan fingerprint density at radius 1 is 1.46 bits per heavy atom. The third-order valence-corrected chi connectivity index (χ3v) is 1.40. The fourth-order valence-electron chi connectivity index (χ4n) is 0.890. The lowest BCUT2D eigenvalue weighted by Crippen LogP contribution is -1.96. The number of hydrogen-bond donors (Lipinski definition) is 2. The lowest BCUT2D eigenvalue weighted by molar-refractivity contribution is 0.0695. The van der Waals surface area contributed by atoms with Crippen molar-refractivity contribution in [2.24, 2.45) is 4.99 Å². The first-order valence-corrected chi connectivity index (χ1v) is 3.30. The van der Waals surface area contributed by atoms with Gasteiger partial charge in [0.15, 0.2) is 0 Å². The van der Waals surface area contributed by atoms with Crippen LogP contribution in [0.2, 0.25) is 0 Å². The van der Waals surface area contributed by atoms with Gasteiger partial charge in [0.25, 0.3) is 0 Å². The summed E-state index contributed by atoms with van der Waals surface area (Å²) in [7, 11) is 0. The fourth-order valence-corrected chi connectivity index (χ4v) is 0.890. The number of carboxylic acid groups (broad SMARTS) is 1. The average molecular weight is 179 g/mol. The average Bonchev–Trinajstić information content (AvgIpc) is 2.04. The van der Waals surface area contributed by atoms with Gasteiger partial charge in [0.1, 0.15) is 11.3 Å². The number of nitrogens with zero attached hydrogens (tertiary/aromatic N) is 1. The molecule has 0 aliphatic heterocycles. The number of aromatic hydroxyl groups is 1. The molecular formula is C8H5NO4. The molecule has 0 unspecified atom stereocenters. The molecule has 0 radical (unpaired) electrons. The zero-order chi connectivity index (χ0) is 9.84. The predicted molar refractivity (Wildman–Crippen MR) is 42.8 cm³/mol. The number of phenols is 1. The van der Waals surface area contributed by atoms with E-state index in [0.29, 0.717) is 0 Å². The quantitative estimate of drug-likeness (QED) is 0.524. The molecule has 66 valence electrons. The van der Waals surface area contributed by atoms with Crippen LogP contribution in [0.3, 0.4) is 0 Å². The fraction of sp³-hybridized carbons (Fsp3) is 0. The van der Waals surface area contributed by atoms with Crippen LogP contribution in [0.1, 0.15) is 10.4 Å². The minimum atomic E-state index is -1.34. The summed E-state index contributed by atoms with van der Waals surface area (Å²) in [6, 6.07) is 3.89. The zero-order valence-corrected chi connectivity index (χ0v) is 6.39. The Morgan fingerprint density at radius 2 is 2.15 bits per heavy atom. The van der Waals surface area contributed by atoms with Crippen molar-refractivity contribution in [3.63, 3.8) is 0 Å². The molecule has 0 spiro atoms. The molecule has 5 heteroatoms. The summed E-state index contributed by atoms with van der Waals surface area (Å²) in [4.78, 5) is 23.6. The molecule has 1 aromatic rings. The molecule has 13 heavy (non-hydrogen) atoms. The van der Waals surface area contributed by atoms with Gasteiger partial charge in [0, 0.05) is 0 Å². The highest BCUT2D eigenvalue weighted by Crippen LogP contribution is 2.26. The molecule has 0 bridgehead atoms. The Hall–Kier alpha value is -2.13. The zero-order valence-electron chi connectivity index (χ0n) is 6.39. The Kier molecular flexibility index (Phi) is 2.42. The normalized spacial score (nSPS) is 8.92. The molecule has 1 aromatic carbocycles. The van der Waals surface area contributed by atoms with Gasteiger partial charge < -0.3 is 10.2 Å². The number of carbonyl (C=O) groups excluding carboxylic acids is 1. The van der Waals surface area contributed by atoms with E-state index >= 15 is 0 Å². The lowest BCUT2D eigenvalue weighted by Gasteiger charge is -2.00. The van der Waals surface area contributed by atoms with Crippen LogP contribution in [0.25, 0.3) is 0 Å². The molecule has 2 N–H and O–H groups in total. The number of carbonyl (C=O) groups is 1. The first-order valence-electron chi connectivity index (χ1n) is 3.30. The summed E-state index contributed by atoms with van der Waals surface area (Å²) >= 11 is 0. The van der Waals surface area contributed by atoms with E-state index in [1.807, 2.05) is 0 Å². The van der Waals surface area contributed by atoms with Gasteiger partial charge in [-0.3, -0.25) is 0 Å². The molecule has 0 aliphatic rings. The maximum absolute atomic E-state index is 10.6. The molecule has 1 rings (SSSR count). The van der Waals surface area contributed by atoms with Crippen LogP contribution < -0.4 is 0 Å². The molecule has 0 heterocycles. The number of carboxylic acids is 1. The first kappa shape index (κ1) is 8.96. The molecule has 0 saturated heterocycles. The Morgan fingerprint density at radius 3 is 2.69 bits per heavy atom. The van der Waals surface area contributed by atoms with Gasteiger partial charge in [0.2, 0.25) is 6.08 Å². The third-order valence-electron chi connectivity index (χ3n) is 1.40. The van der Waals surface area contributed by atoms with Crippen LogP contribution in [0, 0.1) is 0 Å². The van der Waals surface area contributed by atoms with E-state index in [1.54, 1.807) is 0 Å². The van der Waals surface area contributed by atoms with Crippen molar-refractivity contribution < 1.29 is 19.8 Å². The SMILES string of the molecule is O=C=Nc1cccc(O)c1C(=O)O. The van der Waals surface area contributed by atoms with Gasteiger partial charge in [-0.15, -0.1) is 0 Å². The van der Waals surface area contributed by atoms with E-state index in [2.05, 4.69) is 4.99 Å².